The molecule has 0 bridgehead atoms. The fraction of sp³-hybridized carbons (Fsp3) is 0.550. The van der Waals surface area contributed by atoms with Crippen LogP contribution in [0.4, 0.5) is 5.82 Å². The van der Waals surface area contributed by atoms with Gasteiger partial charge in [0.1, 0.15) is 5.82 Å². The Morgan fingerprint density at radius 3 is 2.63 bits per heavy atom. The minimum absolute atomic E-state index is 0.00526. The van der Waals surface area contributed by atoms with E-state index in [0.717, 1.165) is 49.7 Å². The number of hydrogen-bond acceptors (Lipinski definition) is 6. The summed E-state index contributed by atoms with van der Waals surface area (Å²) in [4.78, 5) is 21.7. The lowest BCUT2D eigenvalue weighted by molar-refractivity contribution is -0.00546. The quantitative estimate of drug-likeness (QED) is 0.827. The average Bonchev–Trinajstić information content (AvgIpc) is 3.29. The topological polar surface area (TPSA) is 71.7 Å². The van der Waals surface area contributed by atoms with E-state index >= 15 is 0 Å². The van der Waals surface area contributed by atoms with Crippen LogP contribution in [0.5, 0.6) is 0 Å². The van der Waals surface area contributed by atoms with E-state index in [0.29, 0.717) is 5.56 Å². The largest absolute Gasteiger partial charge is 0.372 e. The minimum atomic E-state index is -0.0423. The summed E-state index contributed by atoms with van der Waals surface area (Å²) in [5, 5.41) is 3.96. The van der Waals surface area contributed by atoms with Crippen LogP contribution in [0.2, 0.25) is 0 Å². The molecule has 2 fully saturated rings. The molecule has 0 aliphatic carbocycles. The number of anilines is 1. The molecule has 4 heterocycles. The molecule has 0 radical (unpaired) electrons. The van der Waals surface area contributed by atoms with Crippen molar-refractivity contribution in [2.24, 2.45) is 0 Å². The van der Waals surface area contributed by atoms with Crippen molar-refractivity contribution in [3.05, 3.63) is 41.4 Å². The van der Waals surface area contributed by atoms with Gasteiger partial charge in [-0.25, -0.2) is 4.98 Å². The Bertz CT molecular complexity index is 794. The van der Waals surface area contributed by atoms with Crippen molar-refractivity contribution in [3.63, 3.8) is 0 Å². The van der Waals surface area contributed by atoms with Crippen molar-refractivity contribution >= 4 is 11.7 Å². The van der Waals surface area contributed by atoms with Gasteiger partial charge in [0.25, 0.3) is 5.91 Å². The van der Waals surface area contributed by atoms with Gasteiger partial charge in [0, 0.05) is 31.9 Å². The van der Waals surface area contributed by atoms with Crippen molar-refractivity contribution in [2.45, 2.75) is 51.9 Å². The third-order valence-electron chi connectivity index (χ3n) is 5.23. The molecule has 3 atom stereocenters. The Kier molecular flexibility index (Phi) is 4.86. The number of aromatic nitrogens is 2. The summed E-state index contributed by atoms with van der Waals surface area (Å²) >= 11 is 0. The maximum atomic E-state index is 13.0. The van der Waals surface area contributed by atoms with Gasteiger partial charge in [0.15, 0.2) is 5.76 Å². The van der Waals surface area contributed by atoms with Crippen molar-refractivity contribution in [1.29, 1.82) is 0 Å². The molecule has 1 amide bonds. The van der Waals surface area contributed by atoms with E-state index < -0.39 is 0 Å². The first-order valence-corrected chi connectivity index (χ1v) is 9.62. The Morgan fingerprint density at radius 2 is 2.00 bits per heavy atom. The molecule has 7 heteroatoms. The molecule has 7 nitrogen and oxygen atoms in total. The Morgan fingerprint density at radius 1 is 1.22 bits per heavy atom. The number of pyridine rings is 1. The van der Waals surface area contributed by atoms with Gasteiger partial charge >= 0.3 is 0 Å². The molecular formula is C20H26N4O3. The van der Waals surface area contributed by atoms with Crippen LogP contribution >= 0.6 is 0 Å². The van der Waals surface area contributed by atoms with E-state index in [-0.39, 0.29) is 24.2 Å². The minimum Gasteiger partial charge on any atom is -0.372 e. The van der Waals surface area contributed by atoms with Gasteiger partial charge < -0.3 is 19.1 Å². The smallest absolute Gasteiger partial charge is 0.256 e. The second-order valence-corrected chi connectivity index (χ2v) is 7.59. The third kappa shape index (κ3) is 3.69. The van der Waals surface area contributed by atoms with E-state index in [1.165, 1.54) is 0 Å². The van der Waals surface area contributed by atoms with Gasteiger partial charge in [-0.15, -0.1) is 0 Å². The predicted molar refractivity (Wildman–Crippen MR) is 101 cm³/mol. The monoisotopic (exact) mass is 370 g/mol. The fourth-order valence-electron chi connectivity index (χ4n) is 4.08. The maximum Gasteiger partial charge on any atom is 0.256 e. The maximum absolute atomic E-state index is 13.0. The molecule has 0 spiro atoms. The molecule has 0 aromatic carbocycles. The lowest BCUT2D eigenvalue weighted by Gasteiger charge is -2.36. The van der Waals surface area contributed by atoms with Crippen molar-refractivity contribution in [1.82, 2.24) is 15.0 Å². The van der Waals surface area contributed by atoms with Crippen LogP contribution in [0.15, 0.2) is 28.9 Å². The molecule has 4 rings (SSSR count). The van der Waals surface area contributed by atoms with Gasteiger partial charge in [-0.1, -0.05) is 5.16 Å². The zero-order valence-electron chi connectivity index (χ0n) is 16.1. The van der Waals surface area contributed by atoms with Crippen molar-refractivity contribution in [2.75, 3.05) is 24.5 Å². The summed E-state index contributed by atoms with van der Waals surface area (Å²) in [5.41, 5.74) is 1.44. The molecular weight excluding hydrogens is 344 g/mol. The van der Waals surface area contributed by atoms with Crippen LogP contribution in [0, 0.1) is 6.92 Å². The lowest BCUT2D eigenvalue weighted by Crippen LogP contribution is -2.45. The number of rotatable bonds is 3. The molecule has 2 aromatic rings. The highest BCUT2D eigenvalue weighted by Crippen LogP contribution is 2.33. The van der Waals surface area contributed by atoms with E-state index in [2.05, 4.69) is 28.9 Å². The van der Waals surface area contributed by atoms with Gasteiger partial charge in [-0.3, -0.25) is 4.79 Å². The van der Waals surface area contributed by atoms with E-state index in [1.54, 1.807) is 6.20 Å². The first kappa shape index (κ1) is 18.0. The zero-order valence-corrected chi connectivity index (χ0v) is 16.1. The molecule has 2 aliphatic rings. The Hall–Kier alpha value is -2.41. The van der Waals surface area contributed by atoms with Crippen molar-refractivity contribution in [3.8, 4) is 0 Å². The number of aryl methyl sites for hydroxylation is 1. The normalized spacial score (nSPS) is 25.8. The Labute approximate surface area is 159 Å². The van der Waals surface area contributed by atoms with E-state index in [1.807, 2.05) is 30.0 Å². The summed E-state index contributed by atoms with van der Waals surface area (Å²) in [6, 6.07) is 5.68. The number of nitrogens with zero attached hydrogens (tertiary/aromatic N) is 4. The van der Waals surface area contributed by atoms with Crippen LogP contribution in [-0.2, 0) is 4.74 Å². The number of ether oxygens (including phenoxy) is 1. The molecule has 0 unspecified atom stereocenters. The Balaban J connectivity index is 1.49. The number of carbonyl (C=O) groups excluding carboxylic acids is 1. The van der Waals surface area contributed by atoms with Crippen LogP contribution in [0.25, 0.3) is 0 Å². The van der Waals surface area contributed by atoms with Gasteiger partial charge in [0.05, 0.1) is 29.5 Å². The summed E-state index contributed by atoms with van der Waals surface area (Å²) in [5.74, 6) is 1.64. The SMILES string of the molecule is Cc1cc([C@@H]2CCCN2C(=O)c2ccc(N3C[C@H](C)O[C@@H](C)C3)nc2)on1. The summed E-state index contributed by atoms with van der Waals surface area (Å²) in [6.07, 6.45) is 3.89. The second kappa shape index (κ2) is 7.31. The van der Waals surface area contributed by atoms with Gasteiger partial charge in [-0.05, 0) is 45.7 Å². The summed E-state index contributed by atoms with van der Waals surface area (Å²) < 4.78 is 11.2. The second-order valence-electron chi connectivity index (χ2n) is 7.59. The number of morpholine rings is 1. The first-order chi connectivity index (χ1) is 13.0. The van der Waals surface area contributed by atoms with Gasteiger partial charge in [0.2, 0.25) is 0 Å². The molecule has 144 valence electrons. The number of hydrogen-bond donors (Lipinski definition) is 0. The molecule has 0 saturated carbocycles. The third-order valence-corrected chi connectivity index (χ3v) is 5.23. The number of amides is 1. The molecule has 0 N–H and O–H groups in total. The highest BCUT2D eigenvalue weighted by Gasteiger charge is 2.33. The highest BCUT2D eigenvalue weighted by atomic mass is 16.5. The summed E-state index contributed by atoms with van der Waals surface area (Å²) in [7, 11) is 0. The average molecular weight is 370 g/mol. The first-order valence-electron chi connectivity index (χ1n) is 9.62. The molecule has 27 heavy (non-hydrogen) atoms. The van der Waals surface area contributed by atoms with Crippen LogP contribution in [-0.4, -0.2) is 52.8 Å². The predicted octanol–water partition coefficient (Wildman–Crippen LogP) is 2.97. The van der Waals surface area contributed by atoms with Crippen molar-refractivity contribution < 1.29 is 14.1 Å². The van der Waals surface area contributed by atoms with Crippen LogP contribution < -0.4 is 4.90 Å². The highest BCUT2D eigenvalue weighted by molar-refractivity contribution is 5.94. The summed E-state index contributed by atoms with van der Waals surface area (Å²) in [6.45, 7) is 8.37. The van der Waals surface area contributed by atoms with E-state index in [4.69, 9.17) is 9.26 Å². The molecule has 2 aliphatic heterocycles. The van der Waals surface area contributed by atoms with Crippen LogP contribution in [0.3, 0.4) is 0 Å². The lowest BCUT2D eigenvalue weighted by atomic mass is 10.1. The number of likely N-dealkylation sites (tertiary alicyclic amines) is 1. The van der Waals surface area contributed by atoms with Crippen LogP contribution in [0.1, 0.15) is 54.5 Å². The van der Waals surface area contributed by atoms with Gasteiger partial charge in [-0.2, -0.15) is 0 Å². The number of carbonyl (C=O) groups is 1. The molecule has 2 saturated heterocycles. The standard InChI is InChI=1S/C20H26N4O3/c1-13-9-18(27-22-13)17-5-4-8-24(17)20(25)16-6-7-19(21-10-16)23-11-14(2)26-15(3)12-23/h6-7,9-10,14-15,17H,4-5,8,11-12H2,1-3H3/t14-,15-,17-/m0/s1. The fourth-order valence-corrected chi connectivity index (χ4v) is 4.08. The molecule has 2 aromatic heterocycles. The zero-order chi connectivity index (χ0) is 19.0. The van der Waals surface area contributed by atoms with E-state index in [9.17, 15) is 4.79 Å².